The van der Waals surface area contributed by atoms with E-state index >= 15 is 0 Å². The Hall–Kier alpha value is -0.315. The normalized spacial score (nSPS) is 34.2. The molecule has 1 saturated heterocycles. The molecule has 2 fully saturated rings. The van der Waals surface area contributed by atoms with E-state index in [9.17, 15) is 10.1 Å². The molecule has 2 atom stereocenters. The topological polar surface area (TPSA) is 43.7 Å². The van der Waals surface area contributed by atoms with E-state index in [4.69, 9.17) is 0 Å². The number of piperidine rings is 1. The molecule has 1 aliphatic carbocycles. The van der Waals surface area contributed by atoms with Crippen LogP contribution in [0.1, 0.15) is 25.7 Å². The Kier molecular flexibility index (Phi) is 3.43. The van der Waals surface area contributed by atoms with E-state index in [0.29, 0.717) is 0 Å². The second kappa shape index (κ2) is 4.51. The van der Waals surface area contributed by atoms with Gasteiger partial charge in [-0.3, -0.25) is 0 Å². The van der Waals surface area contributed by atoms with Crippen LogP contribution in [0.2, 0.25) is 6.82 Å². The smallest absolute Gasteiger partial charge is 0.376 e. The summed E-state index contributed by atoms with van der Waals surface area (Å²) < 4.78 is 0. The fraction of sp³-hybridized carbons (Fsp3) is 0.833. The maximum atomic E-state index is 9.95. The van der Waals surface area contributed by atoms with E-state index in [1.807, 2.05) is 12.9 Å². The quantitative estimate of drug-likeness (QED) is 0.545. The molecule has 1 spiro atoms. The van der Waals surface area contributed by atoms with Crippen molar-refractivity contribution in [2.75, 3.05) is 13.1 Å². The van der Waals surface area contributed by atoms with E-state index < -0.39 is 0 Å². The van der Waals surface area contributed by atoms with Crippen LogP contribution in [0, 0.1) is 11.3 Å². The van der Waals surface area contributed by atoms with E-state index in [1.165, 1.54) is 0 Å². The minimum absolute atomic E-state index is 0.199. The molecule has 0 radical (unpaired) electrons. The highest BCUT2D eigenvalue weighted by Gasteiger charge is 2.47. The largest absolute Gasteiger partial charge is 0.437 e. The zero-order valence-electron chi connectivity index (χ0n) is 10.1. The lowest BCUT2D eigenvalue weighted by Gasteiger charge is -2.43. The van der Waals surface area contributed by atoms with E-state index in [0.717, 1.165) is 38.8 Å². The average Bonchev–Trinajstić information content (AvgIpc) is 2.56. The Morgan fingerprint density at radius 3 is 2.50 bits per heavy atom. The van der Waals surface area contributed by atoms with Gasteiger partial charge in [-0.2, -0.15) is 0 Å². The third kappa shape index (κ3) is 1.94. The van der Waals surface area contributed by atoms with Gasteiger partial charge >= 0.3 is 7.05 Å². The van der Waals surface area contributed by atoms with Gasteiger partial charge in [0.05, 0.1) is 6.10 Å². The van der Waals surface area contributed by atoms with Crippen molar-refractivity contribution >= 4 is 7.05 Å². The molecule has 3 nitrogen and oxygen atoms in total. The van der Waals surface area contributed by atoms with Crippen molar-refractivity contribution in [1.82, 2.24) is 4.81 Å². The SMILES string of the molecule is C=CC1C(O)CCC12CCN(B(C)O)CC2. The van der Waals surface area contributed by atoms with Crippen LogP contribution in [0.4, 0.5) is 0 Å². The summed E-state index contributed by atoms with van der Waals surface area (Å²) in [6.45, 7) is 7.58. The molecule has 0 aromatic heterocycles. The highest BCUT2D eigenvalue weighted by Crippen LogP contribution is 2.51. The number of aliphatic hydroxyl groups excluding tert-OH is 1. The zero-order valence-corrected chi connectivity index (χ0v) is 10.1. The minimum Gasteiger partial charge on any atom is -0.437 e. The monoisotopic (exact) mass is 223 g/mol. The van der Waals surface area contributed by atoms with Crippen LogP contribution >= 0.6 is 0 Å². The molecule has 4 heteroatoms. The number of aliphatic hydroxyl groups is 1. The first kappa shape index (κ1) is 12.2. The van der Waals surface area contributed by atoms with Gasteiger partial charge < -0.3 is 14.9 Å². The van der Waals surface area contributed by atoms with Crippen molar-refractivity contribution in [2.45, 2.75) is 38.6 Å². The standard InChI is InChI=1S/C12H22BNO2/c1-3-10-11(15)4-5-12(10)6-8-14(9-7-12)13(2)16/h3,10-11,15-16H,1,4-9H2,2H3. The van der Waals surface area contributed by atoms with Crippen LogP contribution in [0.5, 0.6) is 0 Å². The minimum atomic E-state index is -0.342. The number of hydrogen-bond donors (Lipinski definition) is 2. The van der Waals surface area contributed by atoms with Crippen molar-refractivity contribution in [2.24, 2.45) is 11.3 Å². The Labute approximate surface area is 98.3 Å². The first-order chi connectivity index (χ1) is 7.59. The molecule has 1 aliphatic heterocycles. The highest BCUT2D eigenvalue weighted by atomic mass is 16.3. The molecule has 90 valence electrons. The first-order valence-electron chi connectivity index (χ1n) is 6.32. The summed E-state index contributed by atoms with van der Waals surface area (Å²) in [4.78, 5) is 2.11. The summed E-state index contributed by atoms with van der Waals surface area (Å²) in [6.07, 6.45) is 5.91. The van der Waals surface area contributed by atoms with Crippen LogP contribution in [0.3, 0.4) is 0 Å². The van der Waals surface area contributed by atoms with Gasteiger partial charge in [0, 0.05) is 5.92 Å². The maximum Gasteiger partial charge on any atom is 0.376 e. The lowest BCUT2D eigenvalue weighted by atomic mass is 9.68. The predicted molar refractivity (Wildman–Crippen MR) is 66.0 cm³/mol. The van der Waals surface area contributed by atoms with Crippen LogP contribution in [-0.2, 0) is 0 Å². The van der Waals surface area contributed by atoms with Gasteiger partial charge in [0.25, 0.3) is 0 Å². The zero-order chi connectivity index (χ0) is 11.8. The van der Waals surface area contributed by atoms with E-state index in [-0.39, 0.29) is 24.5 Å². The molecule has 2 unspecified atom stereocenters. The van der Waals surface area contributed by atoms with Crippen LogP contribution < -0.4 is 0 Å². The summed E-state index contributed by atoms with van der Waals surface area (Å²) in [5, 5.41) is 19.5. The van der Waals surface area contributed by atoms with Gasteiger partial charge in [-0.05, 0) is 51.0 Å². The molecule has 0 aromatic rings. The third-order valence-corrected chi connectivity index (χ3v) is 4.64. The van der Waals surface area contributed by atoms with Gasteiger partial charge in [-0.25, -0.2) is 0 Å². The lowest BCUT2D eigenvalue weighted by molar-refractivity contribution is 0.0679. The second-order valence-electron chi connectivity index (χ2n) is 5.40. The molecule has 0 amide bonds. The number of nitrogens with zero attached hydrogens (tertiary/aromatic N) is 1. The van der Waals surface area contributed by atoms with Crippen molar-refractivity contribution in [1.29, 1.82) is 0 Å². The van der Waals surface area contributed by atoms with Gasteiger partial charge in [-0.15, -0.1) is 6.58 Å². The third-order valence-electron chi connectivity index (χ3n) is 4.64. The summed E-state index contributed by atoms with van der Waals surface area (Å²) in [7, 11) is -0.342. The molecular weight excluding hydrogens is 201 g/mol. The Bertz CT molecular complexity index is 262. The average molecular weight is 223 g/mol. The molecule has 2 N–H and O–H groups in total. The van der Waals surface area contributed by atoms with Crippen LogP contribution in [-0.4, -0.2) is 41.2 Å². The summed E-state index contributed by atoms with van der Waals surface area (Å²) in [5.74, 6) is 0.253. The predicted octanol–water partition coefficient (Wildman–Crippen LogP) is 1.14. The first-order valence-corrected chi connectivity index (χ1v) is 6.32. The summed E-state index contributed by atoms with van der Waals surface area (Å²) in [5.41, 5.74) is 0.257. The molecule has 0 aromatic carbocycles. The summed E-state index contributed by atoms with van der Waals surface area (Å²) >= 11 is 0. The lowest BCUT2D eigenvalue weighted by Crippen LogP contribution is -2.48. The molecule has 1 saturated carbocycles. The van der Waals surface area contributed by atoms with E-state index in [2.05, 4.69) is 11.4 Å². The molecule has 16 heavy (non-hydrogen) atoms. The van der Waals surface area contributed by atoms with Crippen molar-refractivity contribution in [3.05, 3.63) is 12.7 Å². The number of hydrogen-bond acceptors (Lipinski definition) is 3. The Balaban J connectivity index is 2.03. The highest BCUT2D eigenvalue weighted by molar-refractivity contribution is 6.45. The Morgan fingerprint density at radius 2 is 2.00 bits per heavy atom. The molecular formula is C12H22BNO2. The van der Waals surface area contributed by atoms with Crippen LogP contribution in [0.25, 0.3) is 0 Å². The van der Waals surface area contributed by atoms with Crippen molar-refractivity contribution < 1.29 is 10.1 Å². The van der Waals surface area contributed by atoms with E-state index in [1.54, 1.807) is 0 Å². The van der Waals surface area contributed by atoms with Crippen LogP contribution in [0.15, 0.2) is 12.7 Å². The maximum absolute atomic E-state index is 9.95. The van der Waals surface area contributed by atoms with Crippen molar-refractivity contribution in [3.8, 4) is 0 Å². The molecule has 0 bridgehead atoms. The fourth-order valence-corrected chi connectivity index (χ4v) is 3.52. The summed E-state index contributed by atoms with van der Waals surface area (Å²) in [6, 6.07) is 0. The van der Waals surface area contributed by atoms with Crippen molar-refractivity contribution in [3.63, 3.8) is 0 Å². The molecule has 1 heterocycles. The second-order valence-corrected chi connectivity index (χ2v) is 5.40. The fourth-order valence-electron chi connectivity index (χ4n) is 3.52. The van der Waals surface area contributed by atoms with Gasteiger partial charge in [-0.1, -0.05) is 6.08 Å². The Morgan fingerprint density at radius 1 is 1.38 bits per heavy atom. The molecule has 2 rings (SSSR count). The van der Waals surface area contributed by atoms with Gasteiger partial charge in [0.2, 0.25) is 0 Å². The molecule has 2 aliphatic rings. The van der Waals surface area contributed by atoms with Gasteiger partial charge in [0.15, 0.2) is 0 Å². The van der Waals surface area contributed by atoms with Gasteiger partial charge in [0.1, 0.15) is 0 Å². The number of rotatable bonds is 2.